The molecule has 0 atom stereocenters. The van der Waals surface area contributed by atoms with Crippen LogP contribution >= 0.6 is 11.8 Å². The number of amidine groups is 1. The molecule has 0 N–H and O–H groups in total. The van der Waals surface area contributed by atoms with Gasteiger partial charge >= 0.3 is 0 Å². The van der Waals surface area contributed by atoms with Gasteiger partial charge < -0.3 is 9.47 Å². The van der Waals surface area contributed by atoms with Gasteiger partial charge in [-0.2, -0.15) is 5.10 Å². The highest BCUT2D eigenvalue weighted by atomic mass is 32.2. The summed E-state index contributed by atoms with van der Waals surface area (Å²) in [5.41, 5.74) is 3.28. The van der Waals surface area contributed by atoms with Crippen molar-refractivity contribution in [3.05, 3.63) is 59.7 Å². The molecule has 0 bridgehead atoms. The van der Waals surface area contributed by atoms with Gasteiger partial charge in [0.2, 0.25) is 0 Å². The first-order valence-corrected chi connectivity index (χ1v) is 9.20. The number of benzene rings is 2. The van der Waals surface area contributed by atoms with Crippen LogP contribution in [0.3, 0.4) is 0 Å². The second-order valence-corrected chi connectivity index (χ2v) is 6.74. The van der Waals surface area contributed by atoms with E-state index in [0.29, 0.717) is 19.8 Å². The van der Waals surface area contributed by atoms with Gasteiger partial charge in [-0.05, 0) is 23.8 Å². The molecule has 0 fully saturated rings. The van der Waals surface area contributed by atoms with Gasteiger partial charge in [-0.15, -0.1) is 0 Å². The summed E-state index contributed by atoms with van der Waals surface area (Å²) in [7, 11) is 1.94. The first kappa shape index (κ1) is 16.0. The molecule has 0 aliphatic carbocycles. The molecule has 0 saturated carbocycles. The van der Waals surface area contributed by atoms with E-state index in [1.165, 1.54) is 5.56 Å². The van der Waals surface area contributed by atoms with E-state index in [1.807, 2.05) is 48.5 Å². The Morgan fingerprint density at radius 1 is 1.08 bits per heavy atom. The van der Waals surface area contributed by atoms with E-state index in [9.17, 15) is 0 Å². The van der Waals surface area contributed by atoms with Gasteiger partial charge in [-0.3, -0.25) is 4.99 Å². The summed E-state index contributed by atoms with van der Waals surface area (Å²) in [4.78, 5) is 4.69. The molecule has 25 heavy (non-hydrogen) atoms. The molecule has 5 nitrogen and oxygen atoms in total. The average Bonchev–Trinajstić information content (AvgIpc) is 2.67. The molecule has 0 spiro atoms. The quantitative estimate of drug-likeness (QED) is 0.848. The zero-order valence-corrected chi connectivity index (χ0v) is 14.8. The molecule has 128 valence electrons. The van der Waals surface area contributed by atoms with E-state index in [-0.39, 0.29) is 0 Å². The van der Waals surface area contributed by atoms with Gasteiger partial charge in [0, 0.05) is 18.4 Å². The van der Waals surface area contributed by atoms with Gasteiger partial charge in [-0.1, -0.05) is 42.1 Å². The number of hydrogen-bond donors (Lipinski definition) is 0. The van der Waals surface area contributed by atoms with Crippen LogP contribution in [0.5, 0.6) is 11.5 Å². The van der Waals surface area contributed by atoms with E-state index in [4.69, 9.17) is 14.6 Å². The summed E-state index contributed by atoms with van der Waals surface area (Å²) in [5.74, 6) is 2.39. The minimum atomic E-state index is 0.591. The summed E-state index contributed by atoms with van der Waals surface area (Å²) in [6.45, 7) is 1.86. The molecule has 0 aromatic heterocycles. The van der Waals surface area contributed by atoms with Crippen molar-refractivity contribution in [1.29, 1.82) is 0 Å². The summed E-state index contributed by atoms with van der Waals surface area (Å²) in [6, 6.07) is 16.2. The van der Waals surface area contributed by atoms with Crippen LogP contribution in [-0.2, 0) is 6.54 Å². The van der Waals surface area contributed by atoms with Crippen molar-refractivity contribution in [2.75, 3.05) is 26.0 Å². The lowest BCUT2D eigenvalue weighted by molar-refractivity contribution is 0.171. The lowest BCUT2D eigenvalue weighted by Crippen LogP contribution is -2.28. The smallest absolute Gasteiger partial charge is 0.180 e. The Balaban J connectivity index is 1.50. The molecule has 6 heteroatoms. The number of nitrogens with zero attached hydrogens (tertiary/aromatic N) is 3. The summed E-state index contributed by atoms with van der Waals surface area (Å²) in [5, 5.41) is 7.48. The molecule has 2 aliphatic rings. The highest BCUT2D eigenvalue weighted by molar-refractivity contribution is 8.14. The van der Waals surface area contributed by atoms with E-state index < -0.39 is 0 Å². The number of rotatable bonds is 3. The van der Waals surface area contributed by atoms with Crippen molar-refractivity contribution in [2.24, 2.45) is 10.1 Å². The second-order valence-electron chi connectivity index (χ2n) is 5.80. The van der Waals surface area contributed by atoms with E-state index >= 15 is 0 Å². The number of thioether (sulfide) groups is 1. The summed E-state index contributed by atoms with van der Waals surface area (Å²) >= 11 is 1.70. The Hall–Kier alpha value is -2.47. The molecule has 0 unspecified atom stereocenters. The minimum Gasteiger partial charge on any atom is -0.486 e. The molecular weight excluding hydrogens is 334 g/mol. The zero-order chi connectivity index (χ0) is 17.1. The molecule has 2 aliphatic heterocycles. The van der Waals surface area contributed by atoms with Crippen LogP contribution in [-0.4, -0.2) is 41.9 Å². The molecule has 4 rings (SSSR count). The van der Waals surface area contributed by atoms with Crippen molar-refractivity contribution in [1.82, 2.24) is 5.01 Å². The Bertz CT molecular complexity index is 821. The normalized spacial score (nSPS) is 18.2. The topological polar surface area (TPSA) is 46.4 Å². The molecule has 2 aromatic rings. The summed E-state index contributed by atoms with van der Waals surface area (Å²) in [6.07, 6.45) is 0. The third kappa shape index (κ3) is 3.64. The van der Waals surface area contributed by atoms with Gasteiger partial charge in [0.15, 0.2) is 16.7 Å². The molecule has 0 saturated heterocycles. The molecule has 0 amide bonds. The van der Waals surface area contributed by atoms with Crippen LogP contribution in [0, 0.1) is 0 Å². The van der Waals surface area contributed by atoms with E-state index in [0.717, 1.165) is 33.7 Å². The fourth-order valence-corrected chi connectivity index (χ4v) is 3.61. The first-order valence-electron chi connectivity index (χ1n) is 8.22. The van der Waals surface area contributed by atoms with Crippen LogP contribution < -0.4 is 9.47 Å². The fourth-order valence-electron chi connectivity index (χ4n) is 2.73. The van der Waals surface area contributed by atoms with Crippen molar-refractivity contribution in [3.8, 4) is 11.5 Å². The van der Waals surface area contributed by atoms with Crippen LogP contribution in [0.4, 0.5) is 0 Å². The number of fused-ring (bicyclic) bond motifs is 1. The Labute approximate surface area is 151 Å². The highest BCUT2D eigenvalue weighted by Crippen LogP contribution is 2.32. The number of hydrogen-bond acceptors (Lipinski definition) is 5. The zero-order valence-electron chi connectivity index (χ0n) is 14.0. The Morgan fingerprint density at radius 2 is 1.88 bits per heavy atom. The fraction of sp³-hybridized carbons (Fsp3) is 0.263. The first-order chi connectivity index (χ1) is 12.3. The largest absolute Gasteiger partial charge is 0.486 e. The van der Waals surface area contributed by atoms with Gasteiger partial charge in [0.25, 0.3) is 0 Å². The maximum absolute atomic E-state index is 5.67. The van der Waals surface area contributed by atoms with Crippen molar-refractivity contribution >= 4 is 22.6 Å². The molecule has 0 radical (unpaired) electrons. The molecule has 2 aromatic carbocycles. The van der Waals surface area contributed by atoms with E-state index in [2.05, 4.69) is 17.1 Å². The second kappa shape index (κ2) is 7.19. The monoisotopic (exact) mass is 353 g/mol. The molecule has 2 heterocycles. The lowest BCUT2D eigenvalue weighted by atomic mass is 10.1. The number of ether oxygens (including phenoxy) is 2. The lowest BCUT2D eigenvalue weighted by Gasteiger charge is -2.24. The Morgan fingerprint density at radius 3 is 2.68 bits per heavy atom. The number of aliphatic imine (C=N–C) groups is 1. The van der Waals surface area contributed by atoms with Gasteiger partial charge in [0.1, 0.15) is 13.2 Å². The van der Waals surface area contributed by atoms with Crippen LogP contribution in [0.15, 0.2) is 58.6 Å². The average molecular weight is 353 g/mol. The van der Waals surface area contributed by atoms with Crippen molar-refractivity contribution < 1.29 is 9.47 Å². The maximum atomic E-state index is 5.67. The van der Waals surface area contributed by atoms with Gasteiger partial charge in [-0.25, -0.2) is 5.01 Å². The standard InChI is InChI=1S/C19H19N3O2S/c1-22-19(20-12-14-5-3-2-4-6-14)25-13-16(21-22)15-7-8-17-18(11-15)24-10-9-23-17/h2-8,11H,9-10,12-13H2,1H3. The SMILES string of the molecule is CN1N=C(c2ccc3c(c2)OCCO3)CSC1=NCc1ccccc1. The van der Waals surface area contributed by atoms with Crippen LogP contribution in [0.1, 0.15) is 11.1 Å². The molecular formula is C19H19N3O2S. The van der Waals surface area contributed by atoms with Crippen molar-refractivity contribution in [3.63, 3.8) is 0 Å². The predicted molar refractivity (Wildman–Crippen MR) is 102 cm³/mol. The maximum Gasteiger partial charge on any atom is 0.180 e. The minimum absolute atomic E-state index is 0.591. The van der Waals surface area contributed by atoms with Crippen molar-refractivity contribution in [2.45, 2.75) is 6.54 Å². The van der Waals surface area contributed by atoms with Gasteiger partial charge in [0.05, 0.1) is 12.3 Å². The number of hydrazone groups is 1. The Kier molecular flexibility index (Phi) is 4.61. The van der Waals surface area contributed by atoms with Crippen LogP contribution in [0.2, 0.25) is 0 Å². The van der Waals surface area contributed by atoms with Crippen LogP contribution in [0.25, 0.3) is 0 Å². The third-order valence-corrected chi connectivity index (χ3v) is 5.07. The summed E-state index contributed by atoms with van der Waals surface area (Å²) < 4.78 is 11.2. The third-order valence-electron chi connectivity index (χ3n) is 4.00. The highest BCUT2D eigenvalue weighted by Gasteiger charge is 2.20. The van der Waals surface area contributed by atoms with E-state index in [1.54, 1.807) is 11.8 Å². The predicted octanol–water partition coefficient (Wildman–Crippen LogP) is 3.40.